The molecule has 1 heterocycles. The summed E-state index contributed by atoms with van der Waals surface area (Å²) in [7, 11) is 3.09. The summed E-state index contributed by atoms with van der Waals surface area (Å²) < 4.78 is 15.7. The normalized spacial score (nSPS) is 11.1. The van der Waals surface area contributed by atoms with Crippen LogP contribution in [-0.4, -0.2) is 25.6 Å². The number of furan rings is 1. The first-order valence-corrected chi connectivity index (χ1v) is 4.61. The van der Waals surface area contributed by atoms with E-state index in [0.717, 1.165) is 5.39 Å². The zero-order valence-electron chi connectivity index (χ0n) is 8.93. The van der Waals surface area contributed by atoms with E-state index in [1.807, 2.05) is 0 Å². The second-order valence-corrected chi connectivity index (χ2v) is 3.11. The largest absolute Gasteiger partial charge is 0.495 e. The Morgan fingerprint density at radius 2 is 2.19 bits per heavy atom. The van der Waals surface area contributed by atoms with Gasteiger partial charge in [0.1, 0.15) is 5.75 Å². The van der Waals surface area contributed by atoms with Crippen LogP contribution in [0.3, 0.4) is 0 Å². The minimum Gasteiger partial charge on any atom is -0.495 e. The maximum Gasteiger partial charge on any atom is 0.179 e. The first-order valence-electron chi connectivity index (χ1n) is 4.61. The predicted molar refractivity (Wildman–Crippen MR) is 58.7 cm³/mol. The molecule has 0 atom stereocenters. The highest BCUT2D eigenvalue weighted by Gasteiger charge is 2.14. The van der Waals surface area contributed by atoms with Crippen LogP contribution < -0.4 is 9.47 Å². The van der Waals surface area contributed by atoms with Gasteiger partial charge in [-0.25, -0.2) is 0 Å². The van der Waals surface area contributed by atoms with Gasteiger partial charge in [-0.3, -0.25) is 0 Å². The fourth-order valence-electron chi connectivity index (χ4n) is 1.64. The predicted octanol–water partition coefficient (Wildman–Crippen LogP) is 2.26. The average Bonchev–Trinajstić information content (AvgIpc) is 2.77. The number of nitrogens with zero attached hydrogens (tertiary/aromatic N) is 1. The van der Waals surface area contributed by atoms with Crippen molar-refractivity contribution in [3.8, 4) is 11.5 Å². The topological polar surface area (TPSA) is 64.2 Å². The molecule has 0 aliphatic heterocycles. The summed E-state index contributed by atoms with van der Waals surface area (Å²) in [5, 5.41) is 12.3. The summed E-state index contributed by atoms with van der Waals surface area (Å²) in [6.45, 7) is 0. The van der Waals surface area contributed by atoms with E-state index >= 15 is 0 Å². The lowest BCUT2D eigenvalue weighted by Gasteiger charge is -2.08. The van der Waals surface area contributed by atoms with Crippen LogP contribution in [0.5, 0.6) is 11.5 Å². The van der Waals surface area contributed by atoms with Crippen LogP contribution in [0.2, 0.25) is 0 Å². The van der Waals surface area contributed by atoms with Crippen molar-refractivity contribution in [2.45, 2.75) is 0 Å². The molecule has 5 heteroatoms. The molecule has 0 amide bonds. The van der Waals surface area contributed by atoms with Gasteiger partial charge in [-0.05, 0) is 12.1 Å². The molecule has 0 saturated heterocycles. The van der Waals surface area contributed by atoms with Gasteiger partial charge in [0.2, 0.25) is 0 Å². The molecule has 84 valence electrons. The lowest BCUT2D eigenvalue weighted by atomic mass is 10.1. The minimum absolute atomic E-state index is 0.565. The number of ether oxygens (including phenoxy) is 2. The maximum atomic E-state index is 8.58. The van der Waals surface area contributed by atoms with Crippen molar-refractivity contribution in [3.05, 3.63) is 24.0 Å². The van der Waals surface area contributed by atoms with Crippen LogP contribution in [0.15, 0.2) is 28.0 Å². The van der Waals surface area contributed by atoms with E-state index in [2.05, 4.69) is 5.16 Å². The molecular weight excluding hydrogens is 210 g/mol. The highest BCUT2D eigenvalue weighted by Crippen LogP contribution is 2.36. The quantitative estimate of drug-likeness (QED) is 0.490. The maximum absolute atomic E-state index is 8.58. The van der Waals surface area contributed by atoms with Crippen LogP contribution in [0.4, 0.5) is 0 Å². The van der Waals surface area contributed by atoms with Crippen molar-refractivity contribution >= 4 is 17.2 Å². The Hall–Kier alpha value is -2.17. The van der Waals surface area contributed by atoms with Crippen molar-refractivity contribution in [2.75, 3.05) is 14.2 Å². The van der Waals surface area contributed by atoms with E-state index in [1.165, 1.54) is 6.21 Å². The SMILES string of the molecule is COc1c(C=NO)cc(OC)c2occc12. The number of oxime groups is 1. The standard InChI is InChI=1S/C11H11NO4/c1-14-9-5-7(6-12-13)10(15-2)8-3-4-16-11(8)9/h3-6,13H,1-2H3. The lowest BCUT2D eigenvalue weighted by molar-refractivity contribution is 0.321. The molecular formula is C11H11NO4. The summed E-state index contributed by atoms with van der Waals surface area (Å²) in [5.41, 5.74) is 1.23. The van der Waals surface area contributed by atoms with Gasteiger partial charge in [0.25, 0.3) is 0 Å². The fraction of sp³-hybridized carbons (Fsp3) is 0.182. The van der Waals surface area contributed by atoms with Gasteiger partial charge in [0.15, 0.2) is 11.3 Å². The highest BCUT2D eigenvalue weighted by atomic mass is 16.5. The van der Waals surface area contributed by atoms with Gasteiger partial charge in [0.05, 0.1) is 32.1 Å². The number of hydrogen-bond donors (Lipinski definition) is 1. The highest BCUT2D eigenvalue weighted by molar-refractivity contribution is 5.98. The zero-order valence-corrected chi connectivity index (χ0v) is 8.93. The Kier molecular flexibility index (Phi) is 2.68. The summed E-state index contributed by atoms with van der Waals surface area (Å²) in [6.07, 6.45) is 2.84. The van der Waals surface area contributed by atoms with Crippen molar-refractivity contribution in [1.82, 2.24) is 0 Å². The van der Waals surface area contributed by atoms with Crippen LogP contribution in [0.1, 0.15) is 5.56 Å². The van der Waals surface area contributed by atoms with Gasteiger partial charge in [-0.2, -0.15) is 0 Å². The van der Waals surface area contributed by atoms with Crippen molar-refractivity contribution in [2.24, 2.45) is 5.16 Å². The van der Waals surface area contributed by atoms with Crippen LogP contribution in [0.25, 0.3) is 11.0 Å². The Bertz CT molecular complexity index is 530. The average molecular weight is 221 g/mol. The molecule has 0 fully saturated rings. The van der Waals surface area contributed by atoms with Crippen molar-refractivity contribution in [3.63, 3.8) is 0 Å². The van der Waals surface area contributed by atoms with Gasteiger partial charge in [-0.15, -0.1) is 0 Å². The molecule has 0 bridgehead atoms. The molecule has 0 aliphatic carbocycles. The number of methoxy groups -OCH3 is 2. The Balaban J connectivity index is 2.78. The van der Waals surface area contributed by atoms with E-state index in [-0.39, 0.29) is 0 Å². The fourth-order valence-corrected chi connectivity index (χ4v) is 1.64. The van der Waals surface area contributed by atoms with Crippen molar-refractivity contribution in [1.29, 1.82) is 0 Å². The molecule has 2 rings (SSSR count). The number of fused-ring (bicyclic) bond motifs is 1. The monoisotopic (exact) mass is 221 g/mol. The van der Waals surface area contributed by atoms with E-state index in [4.69, 9.17) is 19.1 Å². The van der Waals surface area contributed by atoms with E-state index in [9.17, 15) is 0 Å². The molecule has 16 heavy (non-hydrogen) atoms. The minimum atomic E-state index is 0.565. The first-order chi connectivity index (χ1) is 7.81. The Morgan fingerprint density at radius 3 is 2.81 bits per heavy atom. The second kappa shape index (κ2) is 4.14. The molecule has 1 N–H and O–H groups in total. The van der Waals surface area contributed by atoms with Crippen LogP contribution >= 0.6 is 0 Å². The third-order valence-electron chi connectivity index (χ3n) is 2.30. The lowest BCUT2D eigenvalue weighted by Crippen LogP contribution is -1.94. The van der Waals surface area contributed by atoms with E-state index < -0.39 is 0 Å². The van der Waals surface area contributed by atoms with Crippen LogP contribution in [0, 0.1) is 0 Å². The molecule has 5 nitrogen and oxygen atoms in total. The molecule has 0 unspecified atom stereocenters. The zero-order chi connectivity index (χ0) is 11.5. The number of hydrogen-bond acceptors (Lipinski definition) is 5. The summed E-state index contributed by atoms with van der Waals surface area (Å²) in [6, 6.07) is 3.45. The molecule has 0 aliphatic rings. The molecule has 0 spiro atoms. The van der Waals surface area contributed by atoms with Crippen LogP contribution in [-0.2, 0) is 0 Å². The summed E-state index contributed by atoms with van der Waals surface area (Å²) >= 11 is 0. The van der Waals surface area contributed by atoms with Gasteiger partial charge < -0.3 is 19.1 Å². The number of benzene rings is 1. The number of rotatable bonds is 3. The van der Waals surface area contributed by atoms with Crippen molar-refractivity contribution < 1.29 is 19.1 Å². The van der Waals surface area contributed by atoms with E-state index in [1.54, 1.807) is 32.6 Å². The first kappa shape index (κ1) is 10.4. The Morgan fingerprint density at radius 1 is 1.38 bits per heavy atom. The molecule has 0 saturated carbocycles. The smallest absolute Gasteiger partial charge is 0.179 e. The molecule has 1 aromatic heterocycles. The Labute approximate surface area is 91.9 Å². The van der Waals surface area contributed by atoms with E-state index in [0.29, 0.717) is 22.6 Å². The van der Waals surface area contributed by atoms with Gasteiger partial charge >= 0.3 is 0 Å². The molecule has 2 aromatic rings. The third-order valence-corrected chi connectivity index (χ3v) is 2.30. The second-order valence-electron chi connectivity index (χ2n) is 3.11. The summed E-state index contributed by atoms with van der Waals surface area (Å²) in [4.78, 5) is 0. The molecule has 1 aromatic carbocycles. The van der Waals surface area contributed by atoms with Gasteiger partial charge in [-0.1, -0.05) is 5.16 Å². The summed E-state index contributed by atoms with van der Waals surface area (Å²) in [5.74, 6) is 1.15. The molecule has 0 radical (unpaired) electrons. The third kappa shape index (κ3) is 1.46. The van der Waals surface area contributed by atoms with Gasteiger partial charge in [0, 0.05) is 5.56 Å².